The van der Waals surface area contributed by atoms with Crippen molar-refractivity contribution in [3.05, 3.63) is 84.2 Å². The number of carbonyl (C=O) groups is 3. The highest BCUT2D eigenvalue weighted by atomic mass is 32.1. The first-order valence-corrected chi connectivity index (χ1v) is 12.1. The van der Waals surface area contributed by atoms with E-state index in [4.69, 9.17) is 21.7 Å². The van der Waals surface area contributed by atoms with Crippen LogP contribution in [0.4, 0.5) is 11.4 Å². The zero-order valence-corrected chi connectivity index (χ0v) is 21.2. The van der Waals surface area contributed by atoms with Crippen molar-refractivity contribution in [3.8, 4) is 5.75 Å². The molecule has 0 spiro atoms. The Balaban J connectivity index is 1.54. The highest BCUT2D eigenvalue weighted by Crippen LogP contribution is 2.30. The predicted molar refractivity (Wildman–Crippen MR) is 142 cm³/mol. The highest BCUT2D eigenvalue weighted by molar-refractivity contribution is 7.80. The van der Waals surface area contributed by atoms with Crippen LogP contribution in [0.5, 0.6) is 5.75 Å². The molecule has 1 aliphatic heterocycles. The van der Waals surface area contributed by atoms with E-state index in [-0.39, 0.29) is 36.5 Å². The van der Waals surface area contributed by atoms with Crippen molar-refractivity contribution < 1.29 is 23.9 Å². The number of pyridine rings is 1. The maximum absolute atomic E-state index is 13.6. The van der Waals surface area contributed by atoms with Crippen LogP contribution in [0.1, 0.15) is 29.4 Å². The van der Waals surface area contributed by atoms with Gasteiger partial charge in [0, 0.05) is 18.0 Å². The van der Waals surface area contributed by atoms with Crippen molar-refractivity contribution in [1.82, 2.24) is 9.88 Å². The number of aromatic nitrogens is 1. The Morgan fingerprint density at radius 3 is 2.54 bits per heavy atom. The number of nitrogens with one attached hydrogen (secondary N) is 1. The first-order chi connectivity index (χ1) is 17.9. The minimum Gasteiger partial charge on any atom is -0.497 e. The van der Waals surface area contributed by atoms with Crippen molar-refractivity contribution in [2.75, 3.05) is 23.9 Å². The van der Waals surface area contributed by atoms with Gasteiger partial charge in [0.25, 0.3) is 5.91 Å². The van der Waals surface area contributed by atoms with Crippen LogP contribution in [0.2, 0.25) is 0 Å². The number of nitrogens with zero attached hydrogens (tertiary/aromatic N) is 3. The monoisotopic (exact) mass is 518 g/mol. The standard InChI is InChI=1S/C27H26N4O5S/c1-3-36-26(34)18-10-12-19(13-11-18)29-24(32)16-23-25(33)31(21-8-6-9-22(15-21)35-2)27(37)30(23)17-20-7-4-5-14-28-20/h4-15,23H,3,16-17H2,1-2H3,(H,29,32)/t23-/m0/s1. The number of amides is 2. The summed E-state index contributed by atoms with van der Waals surface area (Å²) < 4.78 is 10.3. The average Bonchev–Trinajstić information content (AvgIpc) is 3.13. The van der Waals surface area contributed by atoms with Crippen molar-refractivity contribution >= 4 is 46.5 Å². The second kappa shape index (κ2) is 11.6. The van der Waals surface area contributed by atoms with E-state index in [9.17, 15) is 14.4 Å². The Morgan fingerprint density at radius 2 is 1.86 bits per heavy atom. The molecule has 2 aromatic carbocycles. The molecule has 9 nitrogen and oxygen atoms in total. The highest BCUT2D eigenvalue weighted by Gasteiger charge is 2.44. The summed E-state index contributed by atoms with van der Waals surface area (Å²) in [5.74, 6) is -0.546. The van der Waals surface area contributed by atoms with Gasteiger partial charge in [-0.25, -0.2) is 4.79 Å². The average molecular weight is 519 g/mol. The molecule has 1 N–H and O–H groups in total. The lowest BCUT2D eigenvalue weighted by molar-refractivity contribution is -0.124. The minimum atomic E-state index is -0.834. The van der Waals surface area contributed by atoms with E-state index in [1.54, 1.807) is 79.7 Å². The van der Waals surface area contributed by atoms with E-state index in [1.165, 1.54) is 4.90 Å². The smallest absolute Gasteiger partial charge is 0.338 e. The molecule has 1 atom stereocenters. The fraction of sp³-hybridized carbons (Fsp3) is 0.222. The summed E-state index contributed by atoms with van der Waals surface area (Å²) in [5.41, 5.74) is 2.14. The summed E-state index contributed by atoms with van der Waals surface area (Å²) in [6, 6.07) is 18.0. The number of hydrogen-bond acceptors (Lipinski definition) is 7. The lowest BCUT2D eigenvalue weighted by Crippen LogP contribution is -2.37. The molecule has 0 unspecified atom stereocenters. The molecular formula is C27H26N4O5S. The summed E-state index contributed by atoms with van der Waals surface area (Å²) in [6.45, 7) is 2.27. The molecule has 2 amide bonds. The van der Waals surface area contributed by atoms with Gasteiger partial charge in [-0.2, -0.15) is 0 Å². The fourth-order valence-corrected chi connectivity index (χ4v) is 4.35. The van der Waals surface area contributed by atoms with Gasteiger partial charge in [-0.3, -0.25) is 19.5 Å². The van der Waals surface area contributed by atoms with Crippen LogP contribution in [-0.4, -0.2) is 52.5 Å². The molecule has 1 aromatic heterocycles. The molecule has 1 saturated heterocycles. The molecule has 0 radical (unpaired) electrons. The second-order valence-electron chi connectivity index (χ2n) is 8.17. The number of benzene rings is 2. The third kappa shape index (κ3) is 5.92. The molecule has 37 heavy (non-hydrogen) atoms. The largest absolute Gasteiger partial charge is 0.497 e. The normalized spacial score (nSPS) is 15.0. The van der Waals surface area contributed by atoms with Crippen LogP contribution < -0.4 is 15.0 Å². The van der Waals surface area contributed by atoms with Crippen molar-refractivity contribution in [2.45, 2.75) is 25.9 Å². The zero-order chi connectivity index (χ0) is 26.4. The SMILES string of the molecule is CCOC(=O)c1ccc(NC(=O)C[C@H]2C(=O)N(c3cccc(OC)c3)C(=S)N2Cc2ccccn2)cc1. The summed E-state index contributed by atoms with van der Waals surface area (Å²) in [7, 11) is 1.54. The first-order valence-electron chi connectivity index (χ1n) is 11.7. The maximum atomic E-state index is 13.6. The first kappa shape index (κ1) is 25.8. The van der Waals surface area contributed by atoms with E-state index >= 15 is 0 Å². The van der Waals surface area contributed by atoms with Gasteiger partial charge in [0.1, 0.15) is 11.8 Å². The predicted octanol–water partition coefficient (Wildman–Crippen LogP) is 3.80. The zero-order valence-electron chi connectivity index (χ0n) is 20.4. The van der Waals surface area contributed by atoms with E-state index < -0.39 is 12.0 Å². The Kier molecular flexibility index (Phi) is 8.09. The molecule has 0 aliphatic carbocycles. The van der Waals surface area contributed by atoms with Crippen LogP contribution in [0.25, 0.3) is 0 Å². The number of carbonyl (C=O) groups excluding carboxylic acids is 3. The summed E-state index contributed by atoms with van der Waals surface area (Å²) in [4.78, 5) is 46.0. The van der Waals surface area contributed by atoms with Gasteiger partial charge in [0.05, 0.1) is 43.6 Å². The van der Waals surface area contributed by atoms with Gasteiger partial charge in [-0.1, -0.05) is 12.1 Å². The number of thiocarbonyl (C=S) groups is 1. The Labute approximate surface area is 220 Å². The molecule has 1 aliphatic rings. The quantitative estimate of drug-likeness (QED) is 0.337. The molecule has 3 aromatic rings. The van der Waals surface area contributed by atoms with Gasteiger partial charge in [-0.15, -0.1) is 0 Å². The van der Waals surface area contributed by atoms with Gasteiger partial charge < -0.3 is 19.7 Å². The number of hydrogen-bond donors (Lipinski definition) is 1. The molecule has 1 fully saturated rings. The molecule has 190 valence electrons. The van der Waals surface area contributed by atoms with Crippen LogP contribution in [-0.2, 0) is 20.9 Å². The molecule has 0 bridgehead atoms. The van der Waals surface area contributed by atoms with E-state index in [0.29, 0.717) is 28.4 Å². The molecule has 4 rings (SSSR count). The van der Waals surface area contributed by atoms with Gasteiger partial charge >= 0.3 is 5.97 Å². The van der Waals surface area contributed by atoms with E-state index in [2.05, 4.69) is 10.3 Å². The van der Waals surface area contributed by atoms with Gasteiger partial charge in [-0.05, 0) is 67.7 Å². The van der Waals surface area contributed by atoms with Crippen molar-refractivity contribution in [3.63, 3.8) is 0 Å². The number of esters is 1. The van der Waals surface area contributed by atoms with Crippen LogP contribution in [0.3, 0.4) is 0 Å². The Bertz CT molecular complexity index is 1300. The molecular weight excluding hydrogens is 492 g/mol. The lowest BCUT2D eigenvalue weighted by atomic mass is 10.1. The number of anilines is 2. The Morgan fingerprint density at radius 1 is 1.08 bits per heavy atom. The molecule has 10 heteroatoms. The summed E-state index contributed by atoms with van der Waals surface area (Å²) >= 11 is 5.71. The number of rotatable bonds is 9. The van der Waals surface area contributed by atoms with E-state index in [0.717, 1.165) is 0 Å². The lowest BCUT2D eigenvalue weighted by Gasteiger charge is -2.23. The molecule has 0 saturated carbocycles. The van der Waals surface area contributed by atoms with Crippen molar-refractivity contribution in [1.29, 1.82) is 0 Å². The van der Waals surface area contributed by atoms with Crippen LogP contribution in [0, 0.1) is 0 Å². The third-order valence-corrected chi connectivity index (χ3v) is 6.16. The summed E-state index contributed by atoms with van der Waals surface area (Å²) in [5, 5.41) is 3.07. The summed E-state index contributed by atoms with van der Waals surface area (Å²) in [6.07, 6.45) is 1.53. The van der Waals surface area contributed by atoms with Crippen molar-refractivity contribution in [2.24, 2.45) is 0 Å². The maximum Gasteiger partial charge on any atom is 0.338 e. The minimum absolute atomic E-state index is 0.133. The van der Waals surface area contributed by atoms with Crippen LogP contribution in [0.15, 0.2) is 72.9 Å². The fourth-order valence-electron chi connectivity index (χ4n) is 3.96. The van der Waals surface area contributed by atoms with E-state index in [1.807, 2.05) is 12.1 Å². The van der Waals surface area contributed by atoms with Gasteiger partial charge in [0.2, 0.25) is 5.91 Å². The molecule has 2 heterocycles. The second-order valence-corrected chi connectivity index (χ2v) is 8.54. The van der Waals surface area contributed by atoms with Gasteiger partial charge in [0.15, 0.2) is 5.11 Å². The number of ether oxygens (including phenoxy) is 2. The number of methoxy groups -OCH3 is 1. The van der Waals surface area contributed by atoms with Crippen LogP contribution >= 0.6 is 12.2 Å². The topological polar surface area (TPSA) is 101 Å². The third-order valence-electron chi connectivity index (χ3n) is 5.75. The Hall–Kier alpha value is -4.31.